The first-order valence-electron chi connectivity index (χ1n) is 9.86. The molecule has 1 fully saturated rings. The third kappa shape index (κ3) is 4.90. The minimum Gasteiger partial charge on any atom is -0.330 e. The third-order valence-corrected chi connectivity index (χ3v) is 5.43. The van der Waals surface area contributed by atoms with Gasteiger partial charge in [0.1, 0.15) is 5.82 Å². The largest absolute Gasteiger partial charge is 0.330 e. The molecule has 6 nitrogen and oxygen atoms in total. The van der Waals surface area contributed by atoms with Crippen molar-refractivity contribution in [2.24, 2.45) is 17.6 Å². The lowest BCUT2D eigenvalue weighted by atomic mass is 9.81. The molecule has 2 aromatic rings. The van der Waals surface area contributed by atoms with Crippen LogP contribution in [0, 0.1) is 17.7 Å². The van der Waals surface area contributed by atoms with E-state index >= 15 is 0 Å². The maximum Gasteiger partial charge on any atom is 0.173 e. The molecule has 0 amide bonds. The monoisotopic (exact) mass is 374 g/mol. The van der Waals surface area contributed by atoms with E-state index < -0.39 is 0 Å². The molecule has 0 saturated heterocycles. The maximum atomic E-state index is 13.4. The zero-order valence-corrected chi connectivity index (χ0v) is 16.5. The molecule has 3 rings (SSSR count). The first kappa shape index (κ1) is 19.9. The van der Waals surface area contributed by atoms with Gasteiger partial charge in [0.05, 0.1) is 11.6 Å². The highest BCUT2D eigenvalue weighted by Gasteiger charge is 2.28. The fraction of sp³-hybridized carbons (Fsp3) is 0.650. The standard InChI is InChI=1S/C20H31FN6/c1-20(2,3)27-19(24-25-26-27)18(16-7-9-17(21)10-8-16)23-13-15-6-4-5-14(11-15)12-22/h7-10,14-15,18,23H,4-6,11-13,22H2,1-3H3. The van der Waals surface area contributed by atoms with Gasteiger partial charge in [-0.2, -0.15) is 0 Å². The number of hydrogen-bond donors (Lipinski definition) is 2. The molecule has 3 atom stereocenters. The van der Waals surface area contributed by atoms with Crippen molar-refractivity contribution in [2.75, 3.05) is 13.1 Å². The van der Waals surface area contributed by atoms with Gasteiger partial charge in [0.15, 0.2) is 5.82 Å². The van der Waals surface area contributed by atoms with Crippen molar-refractivity contribution in [3.8, 4) is 0 Å². The highest BCUT2D eigenvalue weighted by molar-refractivity contribution is 5.25. The summed E-state index contributed by atoms with van der Waals surface area (Å²) in [6, 6.07) is 6.40. The summed E-state index contributed by atoms with van der Waals surface area (Å²) in [6.45, 7) is 7.85. The molecule has 1 aromatic carbocycles. The molecule has 0 aliphatic heterocycles. The Balaban J connectivity index is 1.83. The van der Waals surface area contributed by atoms with Gasteiger partial charge >= 0.3 is 0 Å². The lowest BCUT2D eigenvalue weighted by Crippen LogP contribution is -2.35. The average molecular weight is 375 g/mol. The van der Waals surface area contributed by atoms with Gasteiger partial charge in [-0.3, -0.25) is 0 Å². The molecule has 0 radical (unpaired) electrons. The summed E-state index contributed by atoms with van der Waals surface area (Å²) in [5.41, 5.74) is 6.60. The second-order valence-electron chi connectivity index (χ2n) is 8.65. The van der Waals surface area contributed by atoms with E-state index in [2.05, 4.69) is 41.6 Å². The number of halogens is 1. The quantitative estimate of drug-likeness (QED) is 0.812. The number of nitrogens with zero attached hydrogens (tertiary/aromatic N) is 4. The number of rotatable bonds is 6. The van der Waals surface area contributed by atoms with Crippen LogP contribution < -0.4 is 11.1 Å². The Morgan fingerprint density at radius 3 is 2.59 bits per heavy atom. The molecule has 3 unspecified atom stereocenters. The number of benzene rings is 1. The van der Waals surface area contributed by atoms with Gasteiger partial charge in [0.25, 0.3) is 0 Å². The van der Waals surface area contributed by atoms with E-state index in [9.17, 15) is 4.39 Å². The topological polar surface area (TPSA) is 81.7 Å². The Bertz CT molecular complexity index is 721. The predicted octanol–water partition coefficient (Wildman–Crippen LogP) is 3.01. The van der Waals surface area contributed by atoms with Crippen LogP contribution in [0.15, 0.2) is 24.3 Å². The molecule has 1 heterocycles. The summed E-state index contributed by atoms with van der Waals surface area (Å²) in [6.07, 6.45) is 4.83. The molecule has 1 aromatic heterocycles. The van der Waals surface area contributed by atoms with Gasteiger partial charge in [-0.15, -0.1) is 5.10 Å². The lowest BCUT2D eigenvalue weighted by Gasteiger charge is -2.30. The van der Waals surface area contributed by atoms with E-state index in [1.54, 1.807) is 12.1 Å². The van der Waals surface area contributed by atoms with Crippen molar-refractivity contribution >= 4 is 0 Å². The molecule has 1 saturated carbocycles. The molecule has 1 aliphatic rings. The molecule has 0 spiro atoms. The van der Waals surface area contributed by atoms with E-state index in [1.807, 2.05) is 4.68 Å². The minimum atomic E-state index is -0.244. The van der Waals surface area contributed by atoms with Gasteiger partial charge in [-0.1, -0.05) is 18.6 Å². The number of aromatic nitrogens is 4. The van der Waals surface area contributed by atoms with Gasteiger partial charge in [0, 0.05) is 0 Å². The first-order valence-corrected chi connectivity index (χ1v) is 9.86. The fourth-order valence-corrected chi connectivity index (χ4v) is 3.95. The van der Waals surface area contributed by atoms with Crippen LogP contribution in [0.3, 0.4) is 0 Å². The molecular formula is C20H31FN6. The molecule has 7 heteroatoms. The minimum absolute atomic E-state index is 0.182. The van der Waals surface area contributed by atoms with Crippen molar-refractivity contribution in [3.63, 3.8) is 0 Å². The van der Waals surface area contributed by atoms with E-state index in [0.717, 1.165) is 30.9 Å². The highest BCUT2D eigenvalue weighted by atomic mass is 19.1. The Labute approximate surface area is 160 Å². The average Bonchev–Trinajstić information content (AvgIpc) is 3.13. The molecule has 3 N–H and O–H groups in total. The summed E-state index contributed by atoms with van der Waals surface area (Å²) >= 11 is 0. The number of nitrogens with one attached hydrogen (secondary N) is 1. The zero-order chi connectivity index (χ0) is 19.4. The lowest BCUT2D eigenvalue weighted by molar-refractivity contribution is 0.256. The second-order valence-corrected chi connectivity index (χ2v) is 8.65. The summed E-state index contributed by atoms with van der Waals surface area (Å²) in [5.74, 6) is 1.72. The summed E-state index contributed by atoms with van der Waals surface area (Å²) < 4.78 is 15.3. The van der Waals surface area contributed by atoms with Crippen LogP contribution >= 0.6 is 0 Å². The molecule has 27 heavy (non-hydrogen) atoms. The van der Waals surface area contributed by atoms with Crippen LogP contribution in [0.2, 0.25) is 0 Å². The Morgan fingerprint density at radius 2 is 1.93 bits per heavy atom. The maximum absolute atomic E-state index is 13.4. The van der Waals surface area contributed by atoms with Crippen molar-refractivity contribution < 1.29 is 4.39 Å². The van der Waals surface area contributed by atoms with E-state index in [4.69, 9.17) is 5.73 Å². The van der Waals surface area contributed by atoms with Crippen LogP contribution in [0.25, 0.3) is 0 Å². The smallest absolute Gasteiger partial charge is 0.173 e. The summed E-state index contributed by atoms with van der Waals surface area (Å²) in [5, 5.41) is 16.1. The van der Waals surface area contributed by atoms with Crippen molar-refractivity contribution in [1.82, 2.24) is 25.5 Å². The second kappa shape index (κ2) is 8.44. The Morgan fingerprint density at radius 1 is 1.22 bits per heavy atom. The third-order valence-electron chi connectivity index (χ3n) is 5.43. The van der Waals surface area contributed by atoms with E-state index in [-0.39, 0.29) is 17.4 Å². The van der Waals surface area contributed by atoms with E-state index in [1.165, 1.54) is 31.4 Å². The van der Waals surface area contributed by atoms with Gasteiger partial charge in [0.2, 0.25) is 0 Å². The van der Waals surface area contributed by atoms with Gasteiger partial charge < -0.3 is 11.1 Å². The van der Waals surface area contributed by atoms with Crippen LogP contribution in [-0.2, 0) is 5.54 Å². The summed E-state index contributed by atoms with van der Waals surface area (Å²) in [7, 11) is 0. The van der Waals surface area contributed by atoms with Crippen LogP contribution in [0.1, 0.15) is 63.9 Å². The van der Waals surface area contributed by atoms with E-state index in [0.29, 0.717) is 11.8 Å². The number of hydrogen-bond acceptors (Lipinski definition) is 5. The SMILES string of the molecule is CC(C)(C)n1nnnc1C(NCC1CCCC(CN)C1)c1ccc(F)cc1. The number of nitrogens with two attached hydrogens (primary N) is 1. The highest BCUT2D eigenvalue weighted by Crippen LogP contribution is 2.30. The Kier molecular flexibility index (Phi) is 6.22. The van der Waals surface area contributed by atoms with Crippen LogP contribution in [-0.4, -0.2) is 33.3 Å². The van der Waals surface area contributed by atoms with Crippen molar-refractivity contribution in [3.05, 3.63) is 41.5 Å². The summed E-state index contributed by atoms with van der Waals surface area (Å²) in [4.78, 5) is 0. The predicted molar refractivity (Wildman–Crippen MR) is 104 cm³/mol. The number of tetrazole rings is 1. The molecule has 0 bridgehead atoms. The molecule has 148 valence electrons. The fourth-order valence-electron chi connectivity index (χ4n) is 3.95. The normalized spacial score (nSPS) is 22.0. The Hall–Kier alpha value is -1.86. The van der Waals surface area contributed by atoms with Crippen LogP contribution in [0.4, 0.5) is 4.39 Å². The van der Waals surface area contributed by atoms with Crippen molar-refractivity contribution in [1.29, 1.82) is 0 Å². The molecule has 1 aliphatic carbocycles. The zero-order valence-electron chi connectivity index (χ0n) is 16.5. The van der Waals surface area contributed by atoms with Gasteiger partial charge in [-0.25, -0.2) is 9.07 Å². The van der Waals surface area contributed by atoms with Crippen LogP contribution in [0.5, 0.6) is 0 Å². The van der Waals surface area contributed by atoms with Crippen molar-refractivity contribution in [2.45, 2.75) is 58.0 Å². The first-order chi connectivity index (χ1) is 12.9. The van der Waals surface area contributed by atoms with Gasteiger partial charge in [-0.05, 0) is 93.1 Å². The molecular weight excluding hydrogens is 343 g/mol.